The van der Waals surface area contributed by atoms with Crippen molar-refractivity contribution < 1.29 is 9.18 Å². The summed E-state index contributed by atoms with van der Waals surface area (Å²) in [4.78, 5) is 21.8. The summed E-state index contributed by atoms with van der Waals surface area (Å²) in [5.74, 6) is 0.847. The van der Waals surface area contributed by atoms with Gasteiger partial charge in [-0.25, -0.2) is 9.37 Å². The minimum atomic E-state index is -0.519. The van der Waals surface area contributed by atoms with Gasteiger partial charge in [-0.05, 0) is 42.7 Å². The van der Waals surface area contributed by atoms with Crippen LogP contribution in [0.2, 0.25) is 0 Å². The molecule has 2 aromatic rings. The Morgan fingerprint density at radius 3 is 2.44 bits per heavy atom. The number of hydrogen-bond acceptors (Lipinski definition) is 3. The summed E-state index contributed by atoms with van der Waals surface area (Å²) in [6.07, 6.45) is 4.45. The molecule has 1 saturated carbocycles. The van der Waals surface area contributed by atoms with Crippen molar-refractivity contribution in [1.82, 2.24) is 9.88 Å². The first-order valence-corrected chi connectivity index (χ1v) is 8.90. The van der Waals surface area contributed by atoms with E-state index in [1.54, 1.807) is 12.3 Å². The van der Waals surface area contributed by atoms with E-state index in [1.165, 1.54) is 12.1 Å². The molecule has 0 bridgehead atoms. The van der Waals surface area contributed by atoms with Gasteiger partial charge in [0.2, 0.25) is 5.91 Å². The fourth-order valence-corrected chi connectivity index (χ4v) is 3.92. The summed E-state index contributed by atoms with van der Waals surface area (Å²) in [5.41, 5.74) is 0.311. The van der Waals surface area contributed by atoms with Crippen LogP contribution in [0.3, 0.4) is 0 Å². The molecule has 0 atom stereocenters. The minimum Gasteiger partial charge on any atom is -0.353 e. The van der Waals surface area contributed by atoms with Gasteiger partial charge < -0.3 is 9.80 Å². The molecule has 1 saturated heterocycles. The van der Waals surface area contributed by atoms with E-state index in [0.717, 1.165) is 43.7 Å². The highest BCUT2D eigenvalue weighted by molar-refractivity contribution is 5.89. The van der Waals surface area contributed by atoms with Crippen molar-refractivity contribution in [2.75, 3.05) is 31.1 Å². The van der Waals surface area contributed by atoms with Crippen molar-refractivity contribution in [2.45, 2.75) is 24.7 Å². The molecule has 2 heterocycles. The molecule has 1 aromatic carbocycles. The number of piperazine rings is 1. The predicted octanol–water partition coefficient (Wildman–Crippen LogP) is 2.99. The standard InChI is InChI=1S/C20H22FN3O/c21-17-6-3-5-16(15-17)20(8-4-9-20)19(25)24-13-11-23(12-14-24)18-7-1-2-10-22-18/h1-3,5-7,10,15H,4,8-9,11-14H2. The van der Waals surface area contributed by atoms with Gasteiger partial charge >= 0.3 is 0 Å². The minimum absolute atomic E-state index is 0.157. The molecular weight excluding hydrogens is 317 g/mol. The second-order valence-corrected chi connectivity index (χ2v) is 6.91. The Balaban J connectivity index is 1.48. The van der Waals surface area contributed by atoms with Gasteiger partial charge in [0.1, 0.15) is 11.6 Å². The second kappa shape index (κ2) is 6.47. The Morgan fingerprint density at radius 2 is 1.84 bits per heavy atom. The third-order valence-corrected chi connectivity index (χ3v) is 5.53. The van der Waals surface area contributed by atoms with E-state index in [-0.39, 0.29) is 11.7 Å². The van der Waals surface area contributed by atoms with Crippen LogP contribution in [0, 0.1) is 5.82 Å². The Bertz CT molecular complexity index is 753. The van der Waals surface area contributed by atoms with E-state index in [0.29, 0.717) is 13.1 Å². The van der Waals surface area contributed by atoms with E-state index in [4.69, 9.17) is 0 Å². The zero-order chi connectivity index (χ0) is 17.3. The smallest absolute Gasteiger partial charge is 0.233 e. The molecule has 1 aromatic heterocycles. The molecule has 130 valence electrons. The summed E-state index contributed by atoms with van der Waals surface area (Å²) < 4.78 is 13.7. The molecule has 1 amide bonds. The third-order valence-electron chi connectivity index (χ3n) is 5.53. The van der Waals surface area contributed by atoms with Crippen LogP contribution < -0.4 is 4.90 Å². The molecular formula is C20H22FN3O. The highest BCUT2D eigenvalue weighted by Gasteiger charge is 2.48. The van der Waals surface area contributed by atoms with Crippen LogP contribution >= 0.6 is 0 Å². The maximum atomic E-state index is 13.7. The lowest BCUT2D eigenvalue weighted by Crippen LogP contribution is -2.56. The van der Waals surface area contributed by atoms with Crippen LogP contribution in [-0.4, -0.2) is 42.0 Å². The van der Waals surface area contributed by atoms with E-state index < -0.39 is 5.41 Å². The molecule has 4 nitrogen and oxygen atoms in total. The fourth-order valence-electron chi connectivity index (χ4n) is 3.92. The number of pyridine rings is 1. The Hall–Kier alpha value is -2.43. The lowest BCUT2D eigenvalue weighted by atomic mass is 9.63. The molecule has 4 rings (SSSR count). The van der Waals surface area contributed by atoms with E-state index in [1.807, 2.05) is 29.2 Å². The van der Waals surface area contributed by atoms with Gasteiger partial charge in [-0.2, -0.15) is 0 Å². The van der Waals surface area contributed by atoms with Gasteiger partial charge in [-0.3, -0.25) is 4.79 Å². The van der Waals surface area contributed by atoms with Gasteiger partial charge in [-0.1, -0.05) is 24.6 Å². The topological polar surface area (TPSA) is 36.4 Å². The summed E-state index contributed by atoms with van der Waals surface area (Å²) in [6, 6.07) is 12.4. The molecule has 0 unspecified atom stereocenters. The number of carbonyl (C=O) groups excluding carboxylic acids is 1. The van der Waals surface area contributed by atoms with Gasteiger partial charge in [0, 0.05) is 32.4 Å². The number of halogens is 1. The van der Waals surface area contributed by atoms with Crippen LogP contribution in [-0.2, 0) is 10.2 Å². The summed E-state index contributed by atoms with van der Waals surface area (Å²) in [6.45, 7) is 2.93. The summed E-state index contributed by atoms with van der Waals surface area (Å²) in [5, 5.41) is 0. The fraction of sp³-hybridized carbons (Fsp3) is 0.400. The largest absolute Gasteiger partial charge is 0.353 e. The molecule has 0 radical (unpaired) electrons. The van der Waals surface area contributed by atoms with Crippen LogP contribution in [0.1, 0.15) is 24.8 Å². The van der Waals surface area contributed by atoms with E-state index in [2.05, 4.69) is 9.88 Å². The average molecular weight is 339 g/mol. The van der Waals surface area contributed by atoms with Crippen LogP contribution in [0.25, 0.3) is 0 Å². The second-order valence-electron chi connectivity index (χ2n) is 6.91. The Morgan fingerprint density at radius 1 is 1.04 bits per heavy atom. The first kappa shape index (κ1) is 16.1. The van der Waals surface area contributed by atoms with Crippen molar-refractivity contribution in [3.8, 4) is 0 Å². The lowest BCUT2D eigenvalue weighted by Gasteiger charge is -2.46. The SMILES string of the molecule is O=C(N1CCN(c2ccccn2)CC1)C1(c2cccc(F)c2)CCC1. The molecule has 2 aliphatic rings. The first-order chi connectivity index (χ1) is 12.2. The quantitative estimate of drug-likeness (QED) is 0.863. The highest BCUT2D eigenvalue weighted by atomic mass is 19.1. The van der Waals surface area contributed by atoms with Crippen molar-refractivity contribution in [3.05, 3.63) is 60.0 Å². The molecule has 2 fully saturated rings. The zero-order valence-electron chi connectivity index (χ0n) is 14.2. The van der Waals surface area contributed by atoms with Crippen molar-refractivity contribution in [1.29, 1.82) is 0 Å². The Kier molecular flexibility index (Phi) is 4.15. The molecule has 0 N–H and O–H groups in total. The Labute approximate surface area is 147 Å². The van der Waals surface area contributed by atoms with Crippen molar-refractivity contribution in [2.24, 2.45) is 0 Å². The molecule has 1 aliphatic heterocycles. The normalized spacial score (nSPS) is 19.4. The lowest BCUT2D eigenvalue weighted by molar-refractivity contribution is -0.141. The molecule has 1 aliphatic carbocycles. The summed E-state index contributed by atoms with van der Waals surface area (Å²) in [7, 11) is 0. The average Bonchev–Trinajstić information content (AvgIpc) is 2.62. The van der Waals surface area contributed by atoms with E-state index >= 15 is 0 Å². The van der Waals surface area contributed by atoms with Crippen molar-refractivity contribution >= 4 is 11.7 Å². The number of carbonyl (C=O) groups is 1. The van der Waals surface area contributed by atoms with Crippen LogP contribution in [0.5, 0.6) is 0 Å². The van der Waals surface area contributed by atoms with E-state index in [9.17, 15) is 9.18 Å². The molecule has 0 spiro atoms. The van der Waals surface area contributed by atoms with Gasteiger partial charge in [-0.15, -0.1) is 0 Å². The first-order valence-electron chi connectivity index (χ1n) is 8.90. The van der Waals surface area contributed by atoms with Crippen LogP contribution in [0.4, 0.5) is 10.2 Å². The van der Waals surface area contributed by atoms with Gasteiger partial charge in [0.15, 0.2) is 0 Å². The monoisotopic (exact) mass is 339 g/mol. The number of amides is 1. The third kappa shape index (κ3) is 2.88. The zero-order valence-corrected chi connectivity index (χ0v) is 14.2. The predicted molar refractivity (Wildman–Crippen MR) is 95.0 cm³/mol. The number of rotatable bonds is 3. The highest BCUT2D eigenvalue weighted by Crippen LogP contribution is 2.45. The maximum Gasteiger partial charge on any atom is 0.233 e. The van der Waals surface area contributed by atoms with Gasteiger partial charge in [0.05, 0.1) is 5.41 Å². The number of hydrogen-bond donors (Lipinski definition) is 0. The summed E-state index contributed by atoms with van der Waals surface area (Å²) >= 11 is 0. The number of aromatic nitrogens is 1. The van der Waals surface area contributed by atoms with Gasteiger partial charge in [0.25, 0.3) is 0 Å². The van der Waals surface area contributed by atoms with Crippen LogP contribution in [0.15, 0.2) is 48.7 Å². The van der Waals surface area contributed by atoms with Crippen molar-refractivity contribution in [3.63, 3.8) is 0 Å². The number of benzene rings is 1. The maximum absolute atomic E-state index is 13.7. The number of nitrogens with zero attached hydrogens (tertiary/aromatic N) is 3. The number of anilines is 1. The molecule has 25 heavy (non-hydrogen) atoms. The molecule has 5 heteroatoms.